The van der Waals surface area contributed by atoms with Crippen molar-refractivity contribution < 1.29 is 14.6 Å². The van der Waals surface area contributed by atoms with E-state index in [4.69, 9.17) is 38.1 Å². The van der Waals surface area contributed by atoms with E-state index in [0.29, 0.717) is 60.9 Å². The van der Waals surface area contributed by atoms with Gasteiger partial charge in [0.25, 0.3) is 0 Å². The van der Waals surface area contributed by atoms with Crippen molar-refractivity contribution in [3.05, 3.63) is 186 Å². The van der Waals surface area contributed by atoms with Crippen LogP contribution < -0.4 is 54.7 Å². The number of anilines is 9. The van der Waals surface area contributed by atoms with Crippen LogP contribution in [0.4, 0.5) is 51.8 Å². The molecule has 0 amide bonds. The number of unbranched alkanes of at least 4 members (excludes halogenated alkanes) is 1. The summed E-state index contributed by atoms with van der Waals surface area (Å²) in [5, 5.41) is 33.0. The van der Waals surface area contributed by atoms with Crippen molar-refractivity contribution in [1.82, 2.24) is 34.7 Å². The lowest BCUT2D eigenvalue weighted by atomic mass is 9.84. The summed E-state index contributed by atoms with van der Waals surface area (Å²) < 4.78 is 13.3. The third-order valence-corrected chi connectivity index (χ3v) is 21.6. The molecule has 18 rings (SSSR count). The number of fused-ring (bicyclic) bond motifs is 5. The fraction of sp³-hybridized carbons (Fsp3) is 0.326. The third-order valence-electron chi connectivity index (χ3n) is 21.6. The van der Waals surface area contributed by atoms with Gasteiger partial charge in [-0.1, -0.05) is 76.6 Å². The van der Waals surface area contributed by atoms with Crippen molar-refractivity contribution in [2.45, 2.75) is 111 Å². The Balaban J connectivity index is 0.000000116. The number of nitrogen functional groups attached to an aromatic ring is 5. The van der Waals surface area contributed by atoms with Gasteiger partial charge in [-0.25, -0.2) is 29.6 Å². The Morgan fingerprint density at radius 3 is 1.30 bits per heavy atom. The first-order valence-electron chi connectivity index (χ1n) is 39.2. The molecule has 5 aromatic carbocycles. The highest BCUT2D eigenvalue weighted by molar-refractivity contribution is 6.01. The van der Waals surface area contributed by atoms with Gasteiger partial charge in [-0.15, -0.1) is 0 Å². The summed E-state index contributed by atoms with van der Waals surface area (Å²) in [5.74, 6) is 5.00. The quantitative estimate of drug-likeness (QED) is 0.0317. The van der Waals surface area contributed by atoms with Gasteiger partial charge in [0, 0.05) is 142 Å². The molecule has 0 radical (unpaired) electrons. The number of benzene rings is 5. The number of pyridine rings is 5. The first-order valence-corrected chi connectivity index (χ1v) is 39.2. The first kappa shape index (κ1) is 76.7. The number of allylic oxidation sites excluding steroid dienone is 4. The number of aromatic nitrogens is 7. The van der Waals surface area contributed by atoms with E-state index in [9.17, 15) is 5.11 Å². The van der Waals surface area contributed by atoms with Gasteiger partial charge in [-0.3, -0.25) is 20.0 Å². The Hall–Kier alpha value is -12.1. The van der Waals surface area contributed by atoms with E-state index in [2.05, 4.69) is 178 Å². The summed E-state index contributed by atoms with van der Waals surface area (Å²) in [5.41, 5.74) is 49.0. The lowest BCUT2D eigenvalue weighted by Crippen LogP contribution is -2.46. The molecule has 3 fully saturated rings. The monoisotopic (exact) mass is 1500 g/mol. The van der Waals surface area contributed by atoms with Gasteiger partial charge in [0.2, 0.25) is 0 Å². The van der Waals surface area contributed by atoms with E-state index in [0.717, 1.165) is 170 Å². The van der Waals surface area contributed by atoms with Crippen molar-refractivity contribution in [2.75, 3.05) is 109 Å². The smallest absolute Gasteiger partial charge is 0.132 e. The fourth-order valence-corrected chi connectivity index (χ4v) is 15.1. The Kier molecular flexibility index (Phi) is 24.2. The predicted molar refractivity (Wildman–Crippen MR) is 467 cm³/mol. The summed E-state index contributed by atoms with van der Waals surface area (Å²) >= 11 is 0. The Bertz CT molecular complexity index is 5340. The van der Waals surface area contributed by atoms with Gasteiger partial charge in [0.15, 0.2) is 0 Å². The molecule has 0 bridgehead atoms. The molecule has 11 aromatic rings. The number of rotatable bonds is 20. The molecule has 5 atom stereocenters. The van der Waals surface area contributed by atoms with Crippen molar-refractivity contribution in [3.63, 3.8) is 0 Å². The average molecular weight is 1500 g/mol. The van der Waals surface area contributed by atoms with E-state index < -0.39 is 6.10 Å². The fourth-order valence-electron chi connectivity index (χ4n) is 15.1. The molecule has 576 valence electrons. The molecule has 5 aliphatic heterocycles. The Labute approximate surface area is 654 Å². The predicted octanol–water partition coefficient (Wildman–Crippen LogP) is 16.2. The van der Waals surface area contributed by atoms with Crippen LogP contribution in [0.15, 0.2) is 184 Å². The second-order valence-corrected chi connectivity index (χ2v) is 30.4. The van der Waals surface area contributed by atoms with Crippen LogP contribution in [0, 0.1) is 17.3 Å². The molecule has 7 aliphatic rings. The van der Waals surface area contributed by atoms with Gasteiger partial charge >= 0.3 is 0 Å². The molecule has 15 N–H and O–H groups in total. The average Bonchev–Trinajstić information content (AvgIpc) is 1.59. The third kappa shape index (κ3) is 18.8. The summed E-state index contributed by atoms with van der Waals surface area (Å²) in [7, 11) is 0. The number of aliphatic imine (C=N–C) groups is 4. The number of hydrogen-bond donors (Lipinski definition) is 10. The van der Waals surface area contributed by atoms with E-state index in [-0.39, 0.29) is 5.41 Å². The van der Waals surface area contributed by atoms with Crippen LogP contribution in [0.3, 0.4) is 0 Å². The molecule has 2 aliphatic carbocycles. The van der Waals surface area contributed by atoms with Crippen LogP contribution >= 0.6 is 0 Å². The number of aliphatic hydroxyl groups is 1. The van der Waals surface area contributed by atoms with Gasteiger partial charge in [-0.2, -0.15) is 5.10 Å². The zero-order valence-electron chi connectivity index (χ0n) is 64.6. The van der Waals surface area contributed by atoms with Crippen LogP contribution in [0.5, 0.6) is 5.75 Å². The lowest BCUT2D eigenvalue weighted by molar-refractivity contribution is -0.133. The van der Waals surface area contributed by atoms with Crippen LogP contribution in [0.1, 0.15) is 115 Å². The zero-order chi connectivity index (χ0) is 77.7. The molecular formula is C89H102N20O3. The maximum Gasteiger partial charge on any atom is 0.132 e. The standard InChI is InChI=1S/2C19H22N4.C19H21N3O2.C16H19N5.C16H18N4O/c2*1-12-2-4-15(8-12)22-18-10-19(20)23-17-9-13(3-5-16(17)18)14-6-7-21-11-14;1-2-19(10-23-11-19)12-24-17-8-18(20)22-16-7-13(3-4-15(16)17)14-5-6-21-9-14;1-2-3-7-18-14-11-16(17)20-15-10-12(5-6-13(14)15)21-9-4-8-19-21;1-10(21)8-19-14-7-16(17)20-15-6-11(2-3-13(14)15)12-4-5-18-9-12/h2*3,5-7,9-10,12,15H,2,4,8,11H2,1H3,(H3,20,22,23);3-8H,2,9-12H2,1H3,(H2,20,22);4-6,8-11H,2-3,7H2,1H3,(H3,17,18,20);2-7,10,21H,8-9H2,1H3,(H3,17,19,20)/t12-,15+;12-,15-;;;10-/m01..0/s1. The first-order chi connectivity index (χ1) is 54.5. The highest BCUT2D eigenvalue weighted by Gasteiger charge is 2.38. The molecule has 23 heteroatoms. The lowest BCUT2D eigenvalue weighted by Gasteiger charge is -2.40. The molecule has 0 spiro atoms. The maximum atomic E-state index is 9.41. The van der Waals surface area contributed by atoms with E-state index in [1.807, 2.05) is 102 Å². The molecule has 0 unspecified atom stereocenters. The number of hydrogen-bond acceptors (Lipinski definition) is 22. The SMILES string of the molecule is CCC1(COc2cc(N)nc3cc(C4=CC=NC4)ccc23)COC1.CCCCNc1cc(N)nc2cc(-n3cccn3)ccc12.C[C@@H]1CC[C@@H](Nc2cc(N)nc3cc(C4=CC=NC4)ccc23)C1.C[C@H](O)CNc1cc(N)nc2cc(C3=CC=NC3)ccc12.C[C@H]1CC[C@@H](Nc2cc(N)nc3cc(C4=CC=NC4)ccc23)C1. The molecule has 112 heavy (non-hydrogen) atoms. The summed E-state index contributed by atoms with van der Waals surface area (Å²) in [6.45, 7) is 17.2. The second kappa shape index (κ2) is 35.3. The molecule has 2 saturated carbocycles. The topological polar surface area (TPSA) is 349 Å². The Morgan fingerprint density at radius 2 is 0.920 bits per heavy atom. The van der Waals surface area contributed by atoms with Crippen molar-refractivity contribution in [3.8, 4) is 11.4 Å². The summed E-state index contributed by atoms with van der Waals surface area (Å²) in [6, 6.07) is 43.7. The van der Waals surface area contributed by atoms with Gasteiger partial charge < -0.3 is 64.5 Å². The van der Waals surface area contributed by atoms with Crippen LogP contribution in [-0.4, -0.2) is 142 Å². The van der Waals surface area contributed by atoms with Crippen molar-refractivity contribution >= 4 is 154 Å². The molecule has 11 heterocycles. The molecule has 1 saturated heterocycles. The number of ether oxygens (including phenoxy) is 2. The van der Waals surface area contributed by atoms with E-state index in [1.54, 1.807) is 19.2 Å². The van der Waals surface area contributed by atoms with Gasteiger partial charge in [0.1, 0.15) is 34.8 Å². The Morgan fingerprint density at radius 1 is 0.509 bits per heavy atom. The minimum Gasteiger partial charge on any atom is -0.492 e. The van der Waals surface area contributed by atoms with Gasteiger partial charge in [-0.05, 0) is 194 Å². The minimum absolute atomic E-state index is 0.135. The van der Waals surface area contributed by atoms with E-state index >= 15 is 0 Å². The van der Waals surface area contributed by atoms with E-state index in [1.165, 1.54) is 71.9 Å². The largest absolute Gasteiger partial charge is 0.492 e. The minimum atomic E-state index is -0.422. The van der Waals surface area contributed by atoms with Crippen LogP contribution in [0.2, 0.25) is 0 Å². The highest BCUT2D eigenvalue weighted by Crippen LogP contribution is 2.39. The zero-order valence-corrected chi connectivity index (χ0v) is 64.6. The van der Waals surface area contributed by atoms with Crippen molar-refractivity contribution in [1.29, 1.82) is 0 Å². The van der Waals surface area contributed by atoms with Crippen molar-refractivity contribution in [2.24, 2.45) is 37.2 Å². The highest BCUT2D eigenvalue weighted by atomic mass is 16.5. The van der Waals surface area contributed by atoms with Crippen LogP contribution in [0.25, 0.3) is 82.5 Å². The number of nitrogens with two attached hydrogens (primary N) is 5. The number of aliphatic hydroxyl groups excluding tert-OH is 1. The van der Waals surface area contributed by atoms with Gasteiger partial charge in [0.05, 0.1) is 90.8 Å². The van der Waals surface area contributed by atoms with Crippen LogP contribution in [-0.2, 0) is 4.74 Å². The normalized spacial score (nSPS) is 18.5. The molecule has 6 aromatic heterocycles. The summed E-state index contributed by atoms with van der Waals surface area (Å²) in [6.07, 6.45) is 29.7. The number of nitrogens with one attached hydrogen (secondary N) is 4. The maximum absolute atomic E-state index is 9.41. The second-order valence-electron chi connectivity index (χ2n) is 30.4. The number of nitrogens with zero attached hydrogens (tertiary/aromatic N) is 11. The molecule has 23 nitrogen and oxygen atoms in total. The summed E-state index contributed by atoms with van der Waals surface area (Å²) in [4.78, 5) is 39.3. The molecular weight excluding hydrogens is 1400 g/mol.